The topological polar surface area (TPSA) is 53.7 Å². The molecule has 1 aliphatic heterocycles. The summed E-state index contributed by atoms with van der Waals surface area (Å²) in [6.07, 6.45) is 2.01. The second kappa shape index (κ2) is 3.37. The molecule has 4 nitrogen and oxygen atoms in total. The van der Waals surface area contributed by atoms with Gasteiger partial charge in [0.2, 0.25) is 6.79 Å². The van der Waals surface area contributed by atoms with Crippen LogP contribution in [0.15, 0.2) is 12.1 Å². The summed E-state index contributed by atoms with van der Waals surface area (Å²) in [6, 6.07) is 3.94. The minimum absolute atomic E-state index is 0.229. The molecule has 1 heterocycles. The Balaban J connectivity index is 2.12. The maximum Gasteiger partial charge on any atom is 0.231 e. The molecule has 0 radical (unpaired) electrons. The van der Waals surface area contributed by atoms with Gasteiger partial charge >= 0.3 is 0 Å². The van der Waals surface area contributed by atoms with E-state index in [9.17, 15) is 0 Å². The van der Waals surface area contributed by atoms with Gasteiger partial charge in [0.05, 0.1) is 6.61 Å². The van der Waals surface area contributed by atoms with Crippen LogP contribution in [0, 0.1) is 0 Å². The van der Waals surface area contributed by atoms with Crippen molar-refractivity contribution in [3.8, 4) is 11.5 Å². The van der Waals surface area contributed by atoms with Crippen molar-refractivity contribution in [3.05, 3.63) is 23.3 Å². The number of ether oxygens (including phenoxy) is 3. The van der Waals surface area contributed by atoms with Crippen molar-refractivity contribution in [2.45, 2.75) is 25.0 Å². The Bertz CT molecular complexity index is 427. The molecule has 0 amide bonds. The summed E-state index contributed by atoms with van der Waals surface area (Å²) < 4.78 is 16.1. The second-order valence-corrected chi connectivity index (χ2v) is 4.42. The molecule has 0 aromatic heterocycles. The highest BCUT2D eigenvalue weighted by molar-refractivity contribution is 5.56. The van der Waals surface area contributed by atoms with Crippen LogP contribution in [0.25, 0.3) is 0 Å². The summed E-state index contributed by atoms with van der Waals surface area (Å²) in [5.74, 6) is 1.61. The highest BCUT2D eigenvalue weighted by atomic mass is 16.7. The van der Waals surface area contributed by atoms with E-state index >= 15 is 0 Å². The van der Waals surface area contributed by atoms with E-state index in [0.717, 1.165) is 35.5 Å². The Hall–Kier alpha value is -1.26. The normalized spacial score (nSPS) is 19.9. The van der Waals surface area contributed by atoms with Crippen LogP contribution in [0.1, 0.15) is 24.0 Å². The summed E-state index contributed by atoms with van der Waals surface area (Å²) in [5.41, 5.74) is 8.23. The van der Waals surface area contributed by atoms with Crippen molar-refractivity contribution >= 4 is 0 Å². The molecule has 0 saturated heterocycles. The van der Waals surface area contributed by atoms with E-state index in [1.807, 2.05) is 12.1 Å². The average Bonchev–Trinajstić information content (AvgIpc) is 2.84. The van der Waals surface area contributed by atoms with Gasteiger partial charge in [-0.05, 0) is 24.5 Å². The predicted octanol–water partition coefficient (Wildman–Crippen LogP) is 1.51. The van der Waals surface area contributed by atoms with Crippen molar-refractivity contribution in [3.63, 3.8) is 0 Å². The summed E-state index contributed by atoms with van der Waals surface area (Å²) in [6.45, 7) is 0.847. The molecule has 86 valence electrons. The van der Waals surface area contributed by atoms with Crippen LogP contribution in [0.3, 0.4) is 0 Å². The van der Waals surface area contributed by atoms with Gasteiger partial charge < -0.3 is 19.9 Å². The molecule has 0 unspecified atom stereocenters. The van der Waals surface area contributed by atoms with Crippen LogP contribution < -0.4 is 15.2 Å². The summed E-state index contributed by atoms with van der Waals surface area (Å²) in [4.78, 5) is 0. The van der Waals surface area contributed by atoms with E-state index in [4.69, 9.17) is 19.9 Å². The third-order valence-electron chi connectivity index (χ3n) is 3.21. The molecule has 1 aliphatic carbocycles. The number of hydrogen-bond donors (Lipinski definition) is 1. The monoisotopic (exact) mass is 221 g/mol. The number of methoxy groups -OCH3 is 1. The molecule has 1 fully saturated rings. The minimum Gasteiger partial charge on any atom is -0.454 e. The fraction of sp³-hybridized carbons (Fsp3) is 0.500. The van der Waals surface area contributed by atoms with Gasteiger partial charge in [0, 0.05) is 18.2 Å². The lowest BCUT2D eigenvalue weighted by atomic mass is 9.97. The standard InChI is InChI=1S/C12H15NO3/c1-14-6-8-2-3-9-11(16-7-15-9)10(8)12(13)4-5-12/h2-3H,4-7,13H2,1H3. The van der Waals surface area contributed by atoms with Gasteiger partial charge in [-0.2, -0.15) is 0 Å². The highest BCUT2D eigenvalue weighted by Crippen LogP contribution is 2.52. The van der Waals surface area contributed by atoms with Crippen molar-refractivity contribution in [2.75, 3.05) is 13.9 Å². The SMILES string of the molecule is COCc1ccc2c(c1C1(N)CC1)OCO2. The largest absolute Gasteiger partial charge is 0.454 e. The van der Waals surface area contributed by atoms with E-state index in [0.29, 0.717) is 6.61 Å². The molecule has 4 heteroatoms. The lowest BCUT2D eigenvalue weighted by Crippen LogP contribution is -2.21. The first-order valence-electron chi connectivity index (χ1n) is 5.44. The number of hydrogen-bond acceptors (Lipinski definition) is 4. The first-order chi connectivity index (χ1) is 7.74. The lowest BCUT2D eigenvalue weighted by Gasteiger charge is -2.17. The minimum atomic E-state index is -0.229. The van der Waals surface area contributed by atoms with Crippen LogP contribution in [0.2, 0.25) is 0 Å². The van der Waals surface area contributed by atoms with Crippen LogP contribution >= 0.6 is 0 Å². The van der Waals surface area contributed by atoms with Crippen LogP contribution in [-0.4, -0.2) is 13.9 Å². The van der Waals surface area contributed by atoms with Crippen molar-refractivity contribution in [1.29, 1.82) is 0 Å². The van der Waals surface area contributed by atoms with E-state index in [2.05, 4.69) is 0 Å². The van der Waals surface area contributed by atoms with Crippen molar-refractivity contribution < 1.29 is 14.2 Å². The maximum absolute atomic E-state index is 6.28. The Morgan fingerprint density at radius 2 is 2.19 bits per heavy atom. The van der Waals surface area contributed by atoms with Crippen molar-refractivity contribution in [2.24, 2.45) is 5.73 Å². The zero-order chi connectivity index (χ0) is 11.2. The average molecular weight is 221 g/mol. The van der Waals surface area contributed by atoms with E-state index in [-0.39, 0.29) is 12.3 Å². The van der Waals surface area contributed by atoms with Gasteiger partial charge in [0.15, 0.2) is 11.5 Å². The number of rotatable bonds is 3. The van der Waals surface area contributed by atoms with E-state index in [1.54, 1.807) is 7.11 Å². The van der Waals surface area contributed by atoms with Gasteiger partial charge in [-0.1, -0.05) is 6.07 Å². The molecule has 0 bridgehead atoms. The number of fused-ring (bicyclic) bond motifs is 1. The van der Waals surface area contributed by atoms with Gasteiger partial charge in [-0.15, -0.1) is 0 Å². The molecule has 1 aromatic rings. The smallest absolute Gasteiger partial charge is 0.231 e. The predicted molar refractivity (Wildman–Crippen MR) is 58.4 cm³/mol. The molecular formula is C12H15NO3. The van der Waals surface area contributed by atoms with Gasteiger partial charge in [-0.3, -0.25) is 0 Å². The molecular weight excluding hydrogens is 206 g/mol. The van der Waals surface area contributed by atoms with Gasteiger partial charge in [0.25, 0.3) is 0 Å². The van der Waals surface area contributed by atoms with Gasteiger partial charge in [0.1, 0.15) is 0 Å². The first-order valence-corrected chi connectivity index (χ1v) is 5.44. The molecule has 16 heavy (non-hydrogen) atoms. The zero-order valence-corrected chi connectivity index (χ0v) is 9.29. The quantitative estimate of drug-likeness (QED) is 0.840. The molecule has 3 rings (SSSR count). The van der Waals surface area contributed by atoms with Crippen LogP contribution in [0.4, 0.5) is 0 Å². The molecule has 1 saturated carbocycles. The van der Waals surface area contributed by atoms with Crippen LogP contribution in [0.5, 0.6) is 11.5 Å². The third-order valence-corrected chi connectivity index (χ3v) is 3.21. The lowest BCUT2D eigenvalue weighted by molar-refractivity contribution is 0.171. The molecule has 0 spiro atoms. The Kier molecular flexibility index (Phi) is 2.09. The Morgan fingerprint density at radius 1 is 1.38 bits per heavy atom. The fourth-order valence-electron chi connectivity index (χ4n) is 2.22. The van der Waals surface area contributed by atoms with Crippen LogP contribution in [-0.2, 0) is 16.9 Å². The summed E-state index contributed by atoms with van der Waals surface area (Å²) in [5, 5.41) is 0. The molecule has 0 atom stereocenters. The molecule has 2 aliphatic rings. The molecule has 2 N–H and O–H groups in total. The summed E-state index contributed by atoms with van der Waals surface area (Å²) in [7, 11) is 1.68. The zero-order valence-electron chi connectivity index (χ0n) is 9.29. The van der Waals surface area contributed by atoms with E-state index in [1.165, 1.54) is 0 Å². The first kappa shape index (κ1) is 9.93. The van der Waals surface area contributed by atoms with Gasteiger partial charge in [-0.25, -0.2) is 0 Å². The highest BCUT2D eigenvalue weighted by Gasteiger charge is 2.45. The Labute approximate surface area is 94.3 Å². The fourth-order valence-corrected chi connectivity index (χ4v) is 2.22. The Morgan fingerprint density at radius 3 is 2.88 bits per heavy atom. The van der Waals surface area contributed by atoms with Crippen molar-refractivity contribution in [1.82, 2.24) is 0 Å². The second-order valence-electron chi connectivity index (χ2n) is 4.42. The summed E-state index contributed by atoms with van der Waals surface area (Å²) >= 11 is 0. The number of benzene rings is 1. The molecule has 1 aromatic carbocycles. The number of nitrogens with two attached hydrogens (primary N) is 1. The van der Waals surface area contributed by atoms with E-state index < -0.39 is 0 Å². The third kappa shape index (κ3) is 1.37. The maximum atomic E-state index is 6.28.